The monoisotopic (exact) mass is 362 g/mol. The zero-order chi connectivity index (χ0) is 18.4. The van der Waals surface area contributed by atoms with Gasteiger partial charge in [-0.1, -0.05) is 12.1 Å². The molecule has 3 aromatic rings. The van der Waals surface area contributed by atoms with Crippen molar-refractivity contribution in [3.63, 3.8) is 0 Å². The van der Waals surface area contributed by atoms with Gasteiger partial charge in [-0.15, -0.1) is 0 Å². The molecule has 6 heteroatoms. The molecule has 3 aromatic carbocycles. The van der Waals surface area contributed by atoms with Gasteiger partial charge in [0, 0.05) is 0 Å². The van der Waals surface area contributed by atoms with Crippen LogP contribution in [0.25, 0.3) is 21.5 Å². The van der Waals surface area contributed by atoms with E-state index in [9.17, 15) is 0 Å². The minimum Gasteiger partial charge on any atom is -0.493 e. The van der Waals surface area contributed by atoms with Gasteiger partial charge in [0.25, 0.3) is 0 Å². The van der Waals surface area contributed by atoms with Crippen molar-refractivity contribution in [1.82, 2.24) is 0 Å². The topological polar surface area (TPSA) is 54.0 Å². The molecule has 0 fully saturated rings. The molecule has 0 atom stereocenters. The van der Waals surface area contributed by atoms with E-state index in [0.717, 1.165) is 33.0 Å². The van der Waals surface area contributed by atoms with Crippen LogP contribution in [0.4, 0.5) is 0 Å². The average Bonchev–Trinajstić information content (AvgIpc) is 2.65. The van der Waals surface area contributed by atoms with E-state index in [2.05, 4.69) is 23.7 Å². The van der Waals surface area contributed by atoms with Crippen LogP contribution in [0.5, 0.6) is 23.0 Å². The van der Waals surface area contributed by atoms with Gasteiger partial charge in [-0.3, -0.25) is 4.79 Å². The summed E-state index contributed by atoms with van der Waals surface area (Å²) in [5.41, 5.74) is 0. The molecule has 0 spiro atoms. The Labute approximate surface area is 151 Å². The number of methoxy groups -OCH3 is 4. The molecule has 25 heavy (non-hydrogen) atoms. The third-order valence-electron chi connectivity index (χ3n) is 3.84. The maximum absolute atomic E-state index is 8.57. The maximum Gasteiger partial charge on any atom is 0.208 e. The van der Waals surface area contributed by atoms with Crippen molar-refractivity contribution < 1.29 is 23.7 Å². The Hall–Kier alpha value is -2.66. The lowest BCUT2D eigenvalue weighted by Crippen LogP contribution is -1.92. The molecule has 0 N–H and O–H groups in total. The quantitative estimate of drug-likeness (QED) is 0.390. The van der Waals surface area contributed by atoms with Gasteiger partial charge >= 0.3 is 0 Å². The number of rotatable bonds is 4. The molecule has 0 radical (unpaired) electrons. The molecule has 0 aromatic heterocycles. The van der Waals surface area contributed by atoms with Gasteiger partial charge in [0.1, 0.15) is 0 Å². The van der Waals surface area contributed by atoms with Gasteiger partial charge in [0.2, 0.25) is 5.75 Å². The van der Waals surface area contributed by atoms with E-state index in [1.807, 2.05) is 24.3 Å². The van der Waals surface area contributed by atoms with Crippen LogP contribution in [0.3, 0.4) is 0 Å². The fraction of sp³-hybridized carbons (Fsp3) is 0.211. The molecule has 0 amide bonds. The van der Waals surface area contributed by atoms with Crippen molar-refractivity contribution in [3.8, 4) is 23.0 Å². The van der Waals surface area contributed by atoms with Crippen LogP contribution in [0.2, 0.25) is 0 Å². The second kappa shape index (κ2) is 8.44. The molecule has 0 saturated carbocycles. The van der Waals surface area contributed by atoms with E-state index >= 15 is 0 Å². The summed E-state index contributed by atoms with van der Waals surface area (Å²) in [6.07, 6.45) is 0. The van der Waals surface area contributed by atoms with Crippen LogP contribution >= 0.6 is 11.6 Å². The molecule has 132 valence electrons. The number of halogens is 1. The number of hydrogen-bond donors (Lipinski definition) is 0. The van der Waals surface area contributed by atoms with E-state index in [0.29, 0.717) is 11.5 Å². The first-order valence-corrected chi connectivity index (χ1v) is 7.81. The second-order valence-electron chi connectivity index (χ2n) is 5.01. The Morgan fingerprint density at radius 2 is 0.960 bits per heavy atom. The molecule has 3 rings (SSSR count). The summed E-state index contributed by atoms with van der Waals surface area (Å²) >= 11 is 4.32. The zero-order valence-electron chi connectivity index (χ0n) is 14.5. The van der Waals surface area contributed by atoms with Crippen LogP contribution in [-0.4, -0.2) is 34.2 Å². The van der Waals surface area contributed by atoms with Gasteiger partial charge in [-0.05, 0) is 57.4 Å². The first kappa shape index (κ1) is 18.7. The number of ether oxygens (including phenoxy) is 4. The average molecular weight is 363 g/mol. The lowest BCUT2D eigenvalue weighted by Gasteiger charge is -2.13. The summed E-state index contributed by atoms with van der Waals surface area (Å²) in [5.74, 6) is 3.07. The van der Waals surface area contributed by atoms with Crippen molar-refractivity contribution >= 4 is 38.9 Å². The van der Waals surface area contributed by atoms with Crippen LogP contribution in [-0.2, 0) is 4.79 Å². The van der Waals surface area contributed by atoms with E-state index in [1.165, 1.54) is 0 Å². The second-order valence-corrected chi connectivity index (χ2v) is 5.19. The predicted octanol–water partition coefficient (Wildman–Crippen LogP) is 4.44. The Bertz CT molecular complexity index is 821. The largest absolute Gasteiger partial charge is 0.493 e. The summed E-state index contributed by atoms with van der Waals surface area (Å²) in [4.78, 5) is 8.57. The standard InChI is InChI=1S/C18H18O4.CHClO/c1-19-15-7-11-5-6-12-8-16(20-2)18(22-4)10-14(12)13(11)9-17(15)21-3;2-1-3/h5-10H,1-4H3;1H. The van der Waals surface area contributed by atoms with Gasteiger partial charge in [0.15, 0.2) is 23.0 Å². The van der Waals surface area contributed by atoms with Crippen molar-refractivity contribution in [2.75, 3.05) is 28.4 Å². The van der Waals surface area contributed by atoms with Gasteiger partial charge in [-0.2, -0.15) is 0 Å². The Morgan fingerprint density at radius 3 is 1.24 bits per heavy atom. The van der Waals surface area contributed by atoms with Gasteiger partial charge in [0.05, 0.1) is 28.4 Å². The molecule has 0 bridgehead atoms. The highest BCUT2D eigenvalue weighted by Crippen LogP contribution is 2.39. The van der Waals surface area contributed by atoms with Crippen LogP contribution in [0.15, 0.2) is 36.4 Å². The molecule has 0 aliphatic rings. The van der Waals surface area contributed by atoms with Crippen LogP contribution in [0, 0.1) is 0 Å². The lowest BCUT2D eigenvalue weighted by atomic mass is 10.0. The summed E-state index contributed by atoms with van der Waals surface area (Å²) in [5, 5.41) is 4.32. The number of fused-ring (bicyclic) bond motifs is 3. The normalized spacial score (nSPS) is 9.96. The molecule has 0 saturated heterocycles. The third-order valence-corrected chi connectivity index (χ3v) is 3.84. The fourth-order valence-electron chi connectivity index (χ4n) is 2.71. The lowest BCUT2D eigenvalue weighted by molar-refractivity contribution is 0.355. The highest BCUT2D eigenvalue weighted by molar-refractivity contribution is 6.54. The molecule has 0 heterocycles. The zero-order valence-corrected chi connectivity index (χ0v) is 15.2. The van der Waals surface area contributed by atoms with E-state index < -0.39 is 0 Å². The Balaban J connectivity index is 0.000000701. The number of benzene rings is 3. The van der Waals surface area contributed by atoms with E-state index in [4.69, 9.17) is 23.7 Å². The first-order chi connectivity index (χ1) is 12.1. The number of carbonyl (C=O) groups excluding carboxylic acids is 1. The van der Waals surface area contributed by atoms with Crippen molar-refractivity contribution in [1.29, 1.82) is 0 Å². The number of hydrogen-bond acceptors (Lipinski definition) is 5. The predicted molar refractivity (Wildman–Crippen MR) is 100 cm³/mol. The highest BCUT2D eigenvalue weighted by atomic mass is 35.5. The highest BCUT2D eigenvalue weighted by Gasteiger charge is 2.11. The summed E-state index contributed by atoms with van der Waals surface area (Å²) in [6.45, 7) is 0. The van der Waals surface area contributed by atoms with Crippen LogP contribution < -0.4 is 18.9 Å². The van der Waals surface area contributed by atoms with Gasteiger partial charge < -0.3 is 18.9 Å². The van der Waals surface area contributed by atoms with Crippen molar-refractivity contribution in [2.24, 2.45) is 0 Å². The molecular weight excluding hydrogens is 344 g/mol. The minimum atomic E-state index is 0.222. The third kappa shape index (κ3) is 3.72. The maximum atomic E-state index is 8.57. The summed E-state index contributed by atoms with van der Waals surface area (Å²) in [7, 11) is 6.55. The molecule has 5 nitrogen and oxygen atoms in total. The smallest absolute Gasteiger partial charge is 0.208 e. The molecule has 0 unspecified atom stereocenters. The van der Waals surface area contributed by atoms with Gasteiger partial charge in [-0.25, -0.2) is 0 Å². The van der Waals surface area contributed by atoms with Crippen molar-refractivity contribution in [3.05, 3.63) is 36.4 Å². The molecular formula is C19H19ClO5. The molecule has 0 aliphatic heterocycles. The van der Waals surface area contributed by atoms with E-state index in [-0.39, 0.29) is 5.75 Å². The summed E-state index contributed by atoms with van der Waals surface area (Å²) < 4.78 is 21.6. The first-order valence-electron chi connectivity index (χ1n) is 7.37. The summed E-state index contributed by atoms with van der Waals surface area (Å²) in [6, 6.07) is 12.1. The Morgan fingerprint density at radius 1 is 0.680 bits per heavy atom. The molecule has 0 aliphatic carbocycles. The van der Waals surface area contributed by atoms with E-state index in [1.54, 1.807) is 28.4 Å². The fourth-order valence-corrected chi connectivity index (χ4v) is 2.71. The Kier molecular flexibility index (Phi) is 6.31. The van der Waals surface area contributed by atoms with Crippen LogP contribution in [0.1, 0.15) is 0 Å². The minimum absolute atomic E-state index is 0.222. The number of carbonyl (C=O) groups is 1. The SMILES string of the molecule is COc1cc2ccc3cc(OC)c(OC)cc3c2cc1OC.O=CCl. The van der Waals surface area contributed by atoms with Crippen molar-refractivity contribution in [2.45, 2.75) is 0 Å².